The van der Waals surface area contributed by atoms with E-state index in [9.17, 15) is 4.79 Å². The van der Waals surface area contributed by atoms with Crippen LogP contribution in [0.25, 0.3) is 10.9 Å². The SMILES string of the molecule is CCOc1cccc2[nH]cc(CCNc3cc(N4CCN(C)C(=O)C4)ncn3)c12. The van der Waals surface area contributed by atoms with Gasteiger partial charge in [-0.05, 0) is 31.0 Å². The second-order valence-electron chi connectivity index (χ2n) is 7.10. The summed E-state index contributed by atoms with van der Waals surface area (Å²) in [6.07, 6.45) is 4.41. The third-order valence-corrected chi connectivity index (χ3v) is 5.18. The van der Waals surface area contributed by atoms with Gasteiger partial charge in [0.05, 0.1) is 13.2 Å². The van der Waals surface area contributed by atoms with Gasteiger partial charge in [-0.15, -0.1) is 0 Å². The van der Waals surface area contributed by atoms with E-state index in [2.05, 4.69) is 26.3 Å². The standard InChI is InChI=1S/C21H26N6O2/c1-3-29-17-6-4-5-16-21(17)15(12-23-16)7-8-22-18-11-19(25-14-24-18)27-10-9-26(2)20(28)13-27/h4-6,11-12,14,23H,3,7-10,13H2,1-2H3,(H,22,24,25). The number of benzene rings is 1. The molecule has 1 aliphatic heterocycles. The summed E-state index contributed by atoms with van der Waals surface area (Å²) >= 11 is 0. The first kappa shape index (κ1) is 19.0. The van der Waals surface area contributed by atoms with Crippen LogP contribution in [-0.2, 0) is 11.2 Å². The zero-order valence-electron chi connectivity index (χ0n) is 16.8. The van der Waals surface area contributed by atoms with Crippen molar-refractivity contribution in [2.24, 2.45) is 0 Å². The van der Waals surface area contributed by atoms with Crippen molar-refractivity contribution < 1.29 is 9.53 Å². The van der Waals surface area contributed by atoms with E-state index in [1.807, 2.05) is 43.3 Å². The van der Waals surface area contributed by atoms with Crippen molar-refractivity contribution in [1.29, 1.82) is 0 Å². The first-order valence-electron chi connectivity index (χ1n) is 9.92. The maximum absolute atomic E-state index is 12.0. The number of amides is 1. The lowest BCUT2D eigenvalue weighted by molar-refractivity contribution is -0.129. The van der Waals surface area contributed by atoms with E-state index in [4.69, 9.17) is 4.74 Å². The summed E-state index contributed by atoms with van der Waals surface area (Å²) in [7, 11) is 1.83. The maximum atomic E-state index is 12.0. The zero-order chi connectivity index (χ0) is 20.2. The fourth-order valence-electron chi connectivity index (χ4n) is 3.59. The second-order valence-corrected chi connectivity index (χ2v) is 7.10. The van der Waals surface area contributed by atoms with Gasteiger partial charge in [-0.1, -0.05) is 6.07 Å². The maximum Gasteiger partial charge on any atom is 0.241 e. The minimum Gasteiger partial charge on any atom is -0.493 e. The number of fused-ring (bicyclic) bond motifs is 1. The lowest BCUT2D eigenvalue weighted by atomic mass is 10.1. The molecule has 1 aromatic carbocycles. The first-order chi connectivity index (χ1) is 14.2. The Hall–Kier alpha value is -3.29. The summed E-state index contributed by atoms with van der Waals surface area (Å²) in [5.74, 6) is 2.54. The molecular weight excluding hydrogens is 368 g/mol. The van der Waals surface area contributed by atoms with Crippen LogP contribution in [0.15, 0.2) is 36.8 Å². The summed E-state index contributed by atoms with van der Waals surface area (Å²) in [6, 6.07) is 7.96. The number of carbonyl (C=O) groups excluding carboxylic acids is 1. The van der Waals surface area contributed by atoms with Crippen molar-refractivity contribution in [1.82, 2.24) is 19.9 Å². The van der Waals surface area contributed by atoms with Crippen LogP contribution in [0.3, 0.4) is 0 Å². The Labute approximate surface area is 169 Å². The number of aromatic amines is 1. The number of nitrogens with zero attached hydrogens (tertiary/aromatic N) is 4. The average molecular weight is 394 g/mol. The Balaban J connectivity index is 1.42. The van der Waals surface area contributed by atoms with Crippen molar-refractivity contribution >= 4 is 28.4 Å². The van der Waals surface area contributed by atoms with Gasteiger partial charge in [-0.25, -0.2) is 9.97 Å². The molecule has 0 aliphatic carbocycles. The van der Waals surface area contributed by atoms with Gasteiger partial charge in [0.25, 0.3) is 0 Å². The van der Waals surface area contributed by atoms with E-state index < -0.39 is 0 Å². The molecule has 0 atom stereocenters. The molecule has 0 unspecified atom stereocenters. The fourth-order valence-corrected chi connectivity index (χ4v) is 3.59. The highest BCUT2D eigenvalue weighted by Gasteiger charge is 2.22. The Morgan fingerprint density at radius 1 is 1.28 bits per heavy atom. The van der Waals surface area contributed by atoms with Crippen LogP contribution in [0.1, 0.15) is 12.5 Å². The van der Waals surface area contributed by atoms with Gasteiger partial charge in [0, 0.05) is 49.8 Å². The van der Waals surface area contributed by atoms with Crippen molar-refractivity contribution in [3.05, 3.63) is 42.4 Å². The zero-order valence-corrected chi connectivity index (χ0v) is 16.8. The Kier molecular flexibility index (Phi) is 5.50. The van der Waals surface area contributed by atoms with Crippen molar-refractivity contribution in [2.45, 2.75) is 13.3 Å². The molecule has 4 rings (SSSR count). The van der Waals surface area contributed by atoms with Gasteiger partial charge in [0.2, 0.25) is 5.91 Å². The summed E-state index contributed by atoms with van der Waals surface area (Å²) in [5, 5.41) is 4.51. The molecule has 0 spiro atoms. The van der Waals surface area contributed by atoms with E-state index in [0.29, 0.717) is 19.7 Å². The topological polar surface area (TPSA) is 86.4 Å². The molecular formula is C21H26N6O2. The van der Waals surface area contributed by atoms with Crippen molar-refractivity contribution in [2.75, 3.05) is 50.1 Å². The third-order valence-electron chi connectivity index (χ3n) is 5.18. The van der Waals surface area contributed by atoms with Crippen LogP contribution in [-0.4, -0.2) is 65.6 Å². The average Bonchev–Trinajstić information content (AvgIpc) is 3.15. The molecule has 1 aliphatic rings. The van der Waals surface area contributed by atoms with Crippen LogP contribution in [0.2, 0.25) is 0 Å². The number of H-pyrrole nitrogens is 1. The number of anilines is 2. The Bertz CT molecular complexity index is 1000. The van der Waals surface area contributed by atoms with Gasteiger partial charge in [-0.3, -0.25) is 4.79 Å². The van der Waals surface area contributed by atoms with E-state index in [-0.39, 0.29) is 5.91 Å². The van der Waals surface area contributed by atoms with Gasteiger partial charge < -0.3 is 24.8 Å². The van der Waals surface area contributed by atoms with E-state index in [0.717, 1.165) is 47.8 Å². The number of piperazine rings is 1. The molecule has 29 heavy (non-hydrogen) atoms. The molecule has 1 amide bonds. The van der Waals surface area contributed by atoms with E-state index in [1.54, 1.807) is 11.2 Å². The molecule has 1 fully saturated rings. The quantitative estimate of drug-likeness (QED) is 0.639. The molecule has 1 saturated heterocycles. The minimum atomic E-state index is 0.105. The van der Waals surface area contributed by atoms with Crippen molar-refractivity contribution in [3.8, 4) is 5.75 Å². The van der Waals surface area contributed by atoms with Gasteiger partial charge >= 0.3 is 0 Å². The molecule has 3 heterocycles. The molecule has 8 heteroatoms. The molecule has 2 N–H and O–H groups in total. The predicted molar refractivity (Wildman–Crippen MR) is 114 cm³/mol. The van der Waals surface area contributed by atoms with Crippen LogP contribution in [0.4, 0.5) is 11.6 Å². The highest BCUT2D eigenvalue weighted by atomic mass is 16.5. The monoisotopic (exact) mass is 394 g/mol. The molecule has 152 valence electrons. The number of carbonyl (C=O) groups is 1. The number of nitrogens with one attached hydrogen (secondary N) is 2. The third kappa shape index (κ3) is 4.11. The minimum absolute atomic E-state index is 0.105. The molecule has 0 bridgehead atoms. The van der Waals surface area contributed by atoms with E-state index >= 15 is 0 Å². The Morgan fingerprint density at radius 3 is 3.00 bits per heavy atom. The number of ether oxygens (including phenoxy) is 1. The van der Waals surface area contributed by atoms with Crippen LogP contribution < -0.4 is 15.0 Å². The highest BCUT2D eigenvalue weighted by Crippen LogP contribution is 2.29. The van der Waals surface area contributed by atoms with E-state index in [1.165, 1.54) is 5.56 Å². The van der Waals surface area contributed by atoms with Crippen LogP contribution in [0.5, 0.6) is 5.75 Å². The number of likely N-dealkylation sites (N-methyl/N-ethyl adjacent to an activating group) is 1. The van der Waals surface area contributed by atoms with Gasteiger partial charge in [0.1, 0.15) is 23.7 Å². The Morgan fingerprint density at radius 2 is 2.17 bits per heavy atom. The lowest BCUT2D eigenvalue weighted by Gasteiger charge is -2.32. The summed E-state index contributed by atoms with van der Waals surface area (Å²) in [6.45, 7) is 5.18. The number of hydrogen-bond donors (Lipinski definition) is 2. The molecule has 0 saturated carbocycles. The molecule has 8 nitrogen and oxygen atoms in total. The number of rotatable bonds is 7. The van der Waals surface area contributed by atoms with Crippen LogP contribution in [0, 0.1) is 0 Å². The molecule has 0 radical (unpaired) electrons. The van der Waals surface area contributed by atoms with Gasteiger partial charge in [-0.2, -0.15) is 0 Å². The normalized spacial score (nSPS) is 14.5. The highest BCUT2D eigenvalue weighted by molar-refractivity contribution is 5.89. The van der Waals surface area contributed by atoms with Gasteiger partial charge in [0.15, 0.2) is 0 Å². The summed E-state index contributed by atoms with van der Waals surface area (Å²) in [4.78, 5) is 27.7. The number of aromatic nitrogens is 3. The largest absolute Gasteiger partial charge is 0.493 e. The van der Waals surface area contributed by atoms with Crippen molar-refractivity contribution in [3.63, 3.8) is 0 Å². The molecule has 3 aromatic rings. The first-order valence-corrected chi connectivity index (χ1v) is 9.92. The second kappa shape index (κ2) is 8.38. The predicted octanol–water partition coefficient (Wildman–Crippen LogP) is 2.29. The fraction of sp³-hybridized carbons (Fsp3) is 0.381. The lowest BCUT2D eigenvalue weighted by Crippen LogP contribution is -2.48. The smallest absolute Gasteiger partial charge is 0.241 e. The summed E-state index contributed by atoms with van der Waals surface area (Å²) in [5.41, 5.74) is 2.28. The summed E-state index contributed by atoms with van der Waals surface area (Å²) < 4.78 is 5.78. The molecule has 2 aromatic heterocycles. The van der Waals surface area contributed by atoms with Crippen LogP contribution >= 0.6 is 0 Å². The number of hydrogen-bond acceptors (Lipinski definition) is 6.